The third kappa shape index (κ3) is 3.77. The Hall–Kier alpha value is -0.980. The van der Waals surface area contributed by atoms with Gasteiger partial charge in [0.05, 0.1) is 11.1 Å². The molecule has 1 aromatic carbocycles. The van der Waals surface area contributed by atoms with Crippen molar-refractivity contribution in [2.45, 2.75) is 19.5 Å². The normalized spacial score (nSPS) is 19.9. The van der Waals surface area contributed by atoms with Gasteiger partial charge in [0, 0.05) is 26.2 Å². The average Bonchev–Trinajstić information content (AvgIpc) is 2.44. The van der Waals surface area contributed by atoms with Crippen LogP contribution >= 0.6 is 15.9 Å². The van der Waals surface area contributed by atoms with E-state index >= 15 is 0 Å². The van der Waals surface area contributed by atoms with E-state index in [2.05, 4.69) is 26.1 Å². The number of carbonyl (C=O) groups excluding carboxylic acids is 1. The summed E-state index contributed by atoms with van der Waals surface area (Å²) in [5.74, 6) is -0.489. The topological polar surface area (TPSA) is 41.6 Å². The number of nitrogens with one attached hydrogen (secondary N) is 1. The zero-order valence-corrected chi connectivity index (χ0v) is 13.0. The zero-order valence-electron chi connectivity index (χ0n) is 11.4. The second kappa shape index (κ2) is 7.15. The van der Waals surface area contributed by atoms with Crippen LogP contribution in [-0.4, -0.2) is 43.2 Å². The summed E-state index contributed by atoms with van der Waals surface area (Å²) in [5, 5.41) is 3.20. The maximum atomic E-state index is 13.2. The third-order valence-electron chi connectivity index (χ3n) is 3.28. The molecule has 1 aliphatic rings. The first-order valence-corrected chi connectivity index (χ1v) is 7.46. The Morgan fingerprint density at radius 2 is 2.40 bits per heavy atom. The molecule has 110 valence electrons. The predicted octanol–water partition coefficient (Wildman–Crippen LogP) is 1.93. The molecule has 1 atom stereocenters. The Kier molecular flexibility index (Phi) is 5.51. The van der Waals surface area contributed by atoms with Gasteiger partial charge in [-0.05, 0) is 40.5 Å². The SMILES string of the molecule is CCOC(=O)C1CNCCN1Cc1ccc(F)c(Br)c1. The van der Waals surface area contributed by atoms with Crippen molar-refractivity contribution in [3.8, 4) is 0 Å². The quantitative estimate of drug-likeness (QED) is 0.847. The van der Waals surface area contributed by atoms with E-state index in [1.807, 2.05) is 0 Å². The maximum absolute atomic E-state index is 13.2. The fourth-order valence-electron chi connectivity index (χ4n) is 2.28. The van der Waals surface area contributed by atoms with Crippen LogP contribution < -0.4 is 5.32 Å². The lowest BCUT2D eigenvalue weighted by atomic mass is 10.1. The molecule has 0 aromatic heterocycles. The number of hydrogen-bond acceptors (Lipinski definition) is 4. The molecule has 1 heterocycles. The largest absolute Gasteiger partial charge is 0.465 e. The molecule has 1 N–H and O–H groups in total. The van der Waals surface area contributed by atoms with Crippen molar-refractivity contribution in [3.05, 3.63) is 34.1 Å². The van der Waals surface area contributed by atoms with Crippen LogP contribution in [0.5, 0.6) is 0 Å². The Morgan fingerprint density at radius 1 is 1.60 bits per heavy atom. The molecule has 1 saturated heterocycles. The van der Waals surface area contributed by atoms with Crippen molar-refractivity contribution in [1.82, 2.24) is 10.2 Å². The van der Waals surface area contributed by atoms with Gasteiger partial charge in [-0.15, -0.1) is 0 Å². The maximum Gasteiger partial charge on any atom is 0.324 e. The van der Waals surface area contributed by atoms with Crippen LogP contribution in [0, 0.1) is 5.82 Å². The number of piperazine rings is 1. The highest BCUT2D eigenvalue weighted by Gasteiger charge is 2.29. The van der Waals surface area contributed by atoms with Crippen LogP contribution in [0.1, 0.15) is 12.5 Å². The average molecular weight is 345 g/mol. The highest BCUT2D eigenvalue weighted by Crippen LogP contribution is 2.19. The van der Waals surface area contributed by atoms with Crippen LogP contribution in [-0.2, 0) is 16.1 Å². The van der Waals surface area contributed by atoms with E-state index < -0.39 is 0 Å². The van der Waals surface area contributed by atoms with E-state index in [0.29, 0.717) is 24.2 Å². The second-order valence-corrected chi connectivity index (χ2v) is 5.55. The van der Waals surface area contributed by atoms with Crippen LogP contribution in [0.2, 0.25) is 0 Å². The summed E-state index contributed by atoms with van der Waals surface area (Å²) in [6.07, 6.45) is 0. The zero-order chi connectivity index (χ0) is 14.5. The van der Waals surface area contributed by atoms with Gasteiger partial charge in [-0.25, -0.2) is 4.39 Å². The lowest BCUT2D eigenvalue weighted by Gasteiger charge is -2.34. The Bertz CT molecular complexity index is 484. The van der Waals surface area contributed by atoms with Gasteiger partial charge < -0.3 is 10.1 Å². The van der Waals surface area contributed by atoms with Crippen molar-refractivity contribution in [2.24, 2.45) is 0 Å². The molecule has 0 bridgehead atoms. The summed E-state index contributed by atoms with van der Waals surface area (Å²) in [7, 11) is 0. The van der Waals surface area contributed by atoms with Crippen LogP contribution in [0.15, 0.2) is 22.7 Å². The molecule has 0 aliphatic carbocycles. The van der Waals surface area contributed by atoms with E-state index in [4.69, 9.17) is 4.74 Å². The van der Waals surface area contributed by atoms with Crippen LogP contribution in [0.25, 0.3) is 0 Å². The van der Waals surface area contributed by atoms with Crippen molar-refractivity contribution in [1.29, 1.82) is 0 Å². The Balaban J connectivity index is 2.08. The molecule has 1 unspecified atom stereocenters. The molecule has 0 spiro atoms. The molecule has 1 aliphatic heterocycles. The molecule has 0 amide bonds. The van der Waals surface area contributed by atoms with Gasteiger partial charge in [0.2, 0.25) is 0 Å². The number of ether oxygens (including phenoxy) is 1. The third-order valence-corrected chi connectivity index (χ3v) is 3.89. The summed E-state index contributed by atoms with van der Waals surface area (Å²) >= 11 is 3.18. The van der Waals surface area contributed by atoms with Crippen molar-refractivity contribution >= 4 is 21.9 Å². The number of halogens is 2. The van der Waals surface area contributed by atoms with E-state index in [1.54, 1.807) is 19.1 Å². The number of esters is 1. The van der Waals surface area contributed by atoms with Gasteiger partial charge in [0.15, 0.2) is 0 Å². The summed E-state index contributed by atoms with van der Waals surface area (Å²) < 4.78 is 18.8. The summed E-state index contributed by atoms with van der Waals surface area (Å²) in [4.78, 5) is 14.0. The van der Waals surface area contributed by atoms with Gasteiger partial charge in [0.1, 0.15) is 11.9 Å². The van der Waals surface area contributed by atoms with Gasteiger partial charge in [-0.3, -0.25) is 9.69 Å². The minimum atomic E-state index is -0.285. The summed E-state index contributed by atoms with van der Waals surface area (Å²) in [6, 6.07) is 4.64. The molecule has 1 aromatic rings. The smallest absolute Gasteiger partial charge is 0.324 e. The highest BCUT2D eigenvalue weighted by molar-refractivity contribution is 9.10. The van der Waals surface area contributed by atoms with E-state index in [0.717, 1.165) is 18.7 Å². The molecule has 20 heavy (non-hydrogen) atoms. The number of benzene rings is 1. The van der Waals surface area contributed by atoms with Crippen molar-refractivity contribution in [3.63, 3.8) is 0 Å². The van der Waals surface area contributed by atoms with Gasteiger partial charge in [0.25, 0.3) is 0 Å². The van der Waals surface area contributed by atoms with E-state index in [-0.39, 0.29) is 17.8 Å². The lowest BCUT2D eigenvalue weighted by Crippen LogP contribution is -2.54. The van der Waals surface area contributed by atoms with Gasteiger partial charge >= 0.3 is 5.97 Å². The molecule has 0 saturated carbocycles. The molecule has 6 heteroatoms. The number of nitrogens with zero attached hydrogens (tertiary/aromatic N) is 1. The molecule has 4 nitrogen and oxygen atoms in total. The summed E-state index contributed by atoms with van der Waals surface area (Å²) in [5.41, 5.74) is 0.967. The van der Waals surface area contributed by atoms with Crippen LogP contribution in [0.4, 0.5) is 4.39 Å². The van der Waals surface area contributed by atoms with Gasteiger partial charge in [-0.1, -0.05) is 6.07 Å². The predicted molar refractivity (Wildman–Crippen MR) is 77.8 cm³/mol. The fourth-order valence-corrected chi connectivity index (χ4v) is 2.71. The van der Waals surface area contributed by atoms with Gasteiger partial charge in [-0.2, -0.15) is 0 Å². The molecule has 0 radical (unpaired) electrons. The molecule has 2 rings (SSSR count). The second-order valence-electron chi connectivity index (χ2n) is 4.69. The molecular weight excluding hydrogens is 327 g/mol. The first-order chi connectivity index (χ1) is 9.61. The Morgan fingerprint density at radius 3 is 3.10 bits per heavy atom. The van der Waals surface area contributed by atoms with Crippen molar-refractivity contribution in [2.75, 3.05) is 26.2 Å². The van der Waals surface area contributed by atoms with Crippen molar-refractivity contribution < 1.29 is 13.9 Å². The minimum Gasteiger partial charge on any atom is -0.465 e. The highest BCUT2D eigenvalue weighted by atomic mass is 79.9. The van der Waals surface area contributed by atoms with Crippen LogP contribution in [0.3, 0.4) is 0 Å². The minimum absolute atomic E-state index is 0.208. The molecule has 1 fully saturated rings. The monoisotopic (exact) mass is 344 g/mol. The summed E-state index contributed by atoms with van der Waals surface area (Å²) in [6.45, 7) is 4.96. The fraction of sp³-hybridized carbons (Fsp3) is 0.500. The Labute approximate surface area is 126 Å². The van der Waals surface area contributed by atoms with E-state index in [9.17, 15) is 9.18 Å². The molecular formula is C14H18BrFN2O2. The number of carbonyl (C=O) groups is 1. The first kappa shape index (κ1) is 15.4. The number of hydrogen-bond donors (Lipinski definition) is 1. The van der Waals surface area contributed by atoms with E-state index in [1.165, 1.54) is 6.07 Å². The lowest BCUT2D eigenvalue weighted by molar-refractivity contribution is -0.150. The number of rotatable bonds is 4. The first-order valence-electron chi connectivity index (χ1n) is 6.67. The standard InChI is InChI=1S/C14H18BrFN2O2/c1-2-20-14(19)13-8-17-5-6-18(13)9-10-3-4-12(16)11(15)7-10/h3-4,7,13,17H,2,5-6,8-9H2,1H3.